The Morgan fingerprint density at radius 1 is 1.14 bits per heavy atom. The summed E-state index contributed by atoms with van der Waals surface area (Å²) in [4.78, 5) is 8.79. The van der Waals surface area contributed by atoms with Crippen molar-refractivity contribution in [2.24, 2.45) is 0 Å². The van der Waals surface area contributed by atoms with Crippen LogP contribution in [0.15, 0.2) is 65.4 Å². The Labute approximate surface area is 172 Å². The van der Waals surface area contributed by atoms with Crippen LogP contribution in [0.1, 0.15) is 17.7 Å². The highest BCUT2D eigenvalue weighted by Crippen LogP contribution is 2.19. The van der Waals surface area contributed by atoms with E-state index in [9.17, 15) is 0 Å². The van der Waals surface area contributed by atoms with Crippen LogP contribution in [0.4, 0.5) is 0 Å². The number of ether oxygens (including phenoxy) is 1. The maximum atomic E-state index is 6.12. The molecule has 4 rings (SSSR count). The molecule has 1 saturated heterocycles. The Balaban J connectivity index is 1.31. The third-order valence-corrected chi connectivity index (χ3v) is 5.16. The lowest BCUT2D eigenvalue weighted by molar-refractivity contribution is 0.0283. The molecule has 0 bridgehead atoms. The summed E-state index contributed by atoms with van der Waals surface area (Å²) in [6, 6.07) is 16.5. The summed E-state index contributed by atoms with van der Waals surface area (Å²) in [6.45, 7) is 5.37. The second-order valence-electron chi connectivity index (χ2n) is 7.68. The zero-order valence-electron chi connectivity index (χ0n) is 16.9. The quantitative estimate of drug-likeness (QED) is 0.614. The Kier molecular flexibility index (Phi) is 6.67. The number of nitrogens with zero attached hydrogens (tertiary/aromatic N) is 4. The number of hydrogen-bond donors (Lipinski definition) is 0. The van der Waals surface area contributed by atoms with Gasteiger partial charge >= 0.3 is 0 Å². The highest BCUT2D eigenvalue weighted by Gasteiger charge is 2.21. The smallest absolute Gasteiger partial charge is 0.151 e. The molecular weight excluding hydrogens is 364 g/mol. The molecule has 1 aromatic carbocycles. The van der Waals surface area contributed by atoms with E-state index in [4.69, 9.17) is 9.26 Å². The van der Waals surface area contributed by atoms with Crippen LogP contribution in [0, 0.1) is 0 Å². The molecule has 2 aromatic heterocycles. The predicted octanol–water partition coefficient (Wildman–Crippen LogP) is 3.46. The average Bonchev–Trinajstić information content (AvgIpc) is 3.09. The molecule has 29 heavy (non-hydrogen) atoms. The van der Waals surface area contributed by atoms with Gasteiger partial charge in [-0.3, -0.25) is 14.8 Å². The highest BCUT2D eigenvalue weighted by atomic mass is 16.5. The van der Waals surface area contributed by atoms with Crippen LogP contribution >= 0.6 is 0 Å². The van der Waals surface area contributed by atoms with E-state index in [0.717, 1.165) is 56.2 Å². The van der Waals surface area contributed by atoms with Gasteiger partial charge in [0.1, 0.15) is 5.69 Å². The molecule has 1 unspecified atom stereocenters. The molecule has 1 fully saturated rings. The maximum absolute atomic E-state index is 6.12. The summed E-state index contributed by atoms with van der Waals surface area (Å²) >= 11 is 0. The highest BCUT2D eigenvalue weighted by molar-refractivity contribution is 5.57. The van der Waals surface area contributed by atoms with E-state index in [0.29, 0.717) is 6.54 Å². The molecule has 152 valence electrons. The van der Waals surface area contributed by atoms with E-state index in [1.165, 1.54) is 5.56 Å². The lowest BCUT2D eigenvalue weighted by Gasteiger charge is -2.26. The molecule has 0 aliphatic carbocycles. The first-order valence-corrected chi connectivity index (χ1v) is 10.2. The number of benzene rings is 1. The van der Waals surface area contributed by atoms with E-state index in [2.05, 4.69) is 57.3 Å². The molecule has 0 radical (unpaired) electrons. The summed E-state index contributed by atoms with van der Waals surface area (Å²) in [7, 11) is 2.10. The van der Waals surface area contributed by atoms with E-state index in [1.54, 1.807) is 12.4 Å². The summed E-state index contributed by atoms with van der Waals surface area (Å²) in [5, 5.41) is 4.19. The van der Waals surface area contributed by atoms with Crippen LogP contribution in [-0.2, 0) is 17.8 Å². The fourth-order valence-corrected chi connectivity index (χ4v) is 3.79. The van der Waals surface area contributed by atoms with E-state index >= 15 is 0 Å². The van der Waals surface area contributed by atoms with Crippen molar-refractivity contribution in [3.63, 3.8) is 0 Å². The maximum Gasteiger partial charge on any atom is 0.151 e. The summed E-state index contributed by atoms with van der Waals surface area (Å²) < 4.78 is 11.7. The van der Waals surface area contributed by atoms with Gasteiger partial charge in [-0.2, -0.15) is 0 Å². The normalized spacial score (nSPS) is 18.1. The topological polar surface area (TPSA) is 54.6 Å². The molecule has 1 aliphatic rings. The van der Waals surface area contributed by atoms with Crippen molar-refractivity contribution < 1.29 is 9.26 Å². The molecule has 1 atom stereocenters. The Morgan fingerprint density at radius 3 is 2.79 bits per heavy atom. The molecule has 3 heterocycles. The van der Waals surface area contributed by atoms with Crippen molar-refractivity contribution in [1.82, 2.24) is 19.9 Å². The zero-order chi connectivity index (χ0) is 19.9. The van der Waals surface area contributed by atoms with Gasteiger partial charge in [0.25, 0.3) is 0 Å². The minimum absolute atomic E-state index is 0.189. The van der Waals surface area contributed by atoms with Gasteiger partial charge in [0, 0.05) is 56.8 Å². The molecule has 1 aliphatic heterocycles. The van der Waals surface area contributed by atoms with Crippen molar-refractivity contribution in [2.75, 3.05) is 33.3 Å². The fourth-order valence-electron chi connectivity index (χ4n) is 3.79. The van der Waals surface area contributed by atoms with E-state index in [-0.39, 0.29) is 6.10 Å². The number of rotatable bonds is 7. The van der Waals surface area contributed by atoms with Gasteiger partial charge in [0.05, 0.1) is 12.6 Å². The van der Waals surface area contributed by atoms with Crippen molar-refractivity contribution in [3.05, 3.63) is 72.2 Å². The third-order valence-electron chi connectivity index (χ3n) is 5.16. The molecule has 6 heteroatoms. The molecule has 0 amide bonds. The molecule has 0 N–H and O–H groups in total. The lowest BCUT2D eigenvalue weighted by Crippen LogP contribution is -2.38. The fraction of sp³-hybridized carbons (Fsp3) is 0.391. The standard InChI is InChI=1S/C23H28N4O2/c1-26(16-21-14-23(25-29-21)20-8-10-24-11-9-20)17-22-18-27(12-5-13-28-22)15-19-6-3-2-4-7-19/h2-4,6-11,14,22H,5,12-13,15-18H2,1H3. The summed E-state index contributed by atoms with van der Waals surface area (Å²) in [5.74, 6) is 0.856. The monoisotopic (exact) mass is 392 g/mol. The third kappa shape index (κ3) is 5.73. The van der Waals surface area contributed by atoms with Crippen LogP contribution in [-0.4, -0.2) is 59.3 Å². The Morgan fingerprint density at radius 2 is 1.97 bits per heavy atom. The first-order valence-electron chi connectivity index (χ1n) is 10.2. The van der Waals surface area contributed by atoms with Crippen LogP contribution in [0.2, 0.25) is 0 Å². The van der Waals surface area contributed by atoms with Gasteiger partial charge in [0.15, 0.2) is 5.76 Å². The first kappa shape index (κ1) is 19.8. The van der Waals surface area contributed by atoms with Gasteiger partial charge in [-0.05, 0) is 31.2 Å². The molecule has 3 aromatic rings. The lowest BCUT2D eigenvalue weighted by atomic mass is 10.2. The summed E-state index contributed by atoms with van der Waals surface area (Å²) in [5.41, 5.74) is 3.21. The number of likely N-dealkylation sites (N-methyl/N-ethyl adjacent to an activating group) is 1. The Bertz CT molecular complexity index is 869. The van der Waals surface area contributed by atoms with Crippen molar-refractivity contribution >= 4 is 0 Å². The number of hydrogen-bond acceptors (Lipinski definition) is 6. The molecule has 0 spiro atoms. The number of aromatic nitrogens is 2. The van der Waals surface area contributed by atoms with Gasteiger partial charge in [-0.1, -0.05) is 35.5 Å². The van der Waals surface area contributed by atoms with Crippen molar-refractivity contribution in [3.8, 4) is 11.3 Å². The van der Waals surface area contributed by atoms with Crippen LogP contribution < -0.4 is 0 Å². The zero-order valence-corrected chi connectivity index (χ0v) is 16.9. The molecule has 6 nitrogen and oxygen atoms in total. The first-order chi connectivity index (χ1) is 14.3. The SMILES string of the molecule is CN(Cc1cc(-c2ccncc2)no1)CC1CN(Cc2ccccc2)CCCO1. The van der Waals surface area contributed by atoms with Gasteiger partial charge < -0.3 is 9.26 Å². The van der Waals surface area contributed by atoms with E-state index in [1.807, 2.05) is 18.2 Å². The Hall–Kier alpha value is -2.54. The number of pyridine rings is 1. The van der Waals surface area contributed by atoms with Crippen LogP contribution in [0.3, 0.4) is 0 Å². The largest absolute Gasteiger partial charge is 0.376 e. The van der Waals surface area contributed by atoms with Crippen LogP contribution in [0.5, 0.6) is 0 Å². The van der Waals surface area contributed by atoms with E-state index < -0.39 is 0 Å². The van der Waals surface area contributed by atoms with Gasteiger partial charge in [-0.25, -0.2) is 0 Å². The van der Waals surface area contributed by atoms with Gasteiger partial charge in [0.2, 0.25) is 0 Å². The second-order valence-corrected chi connectivity index (χ2v) is 7.68. The average molecular weight is 393 g/mol. The molecular formula is C23H28N4O2. The van der Waals surface area contributed by atoms with Crippen molar-refractivity contribution in [2.45, 2.75) is 25.6 Å². The van der Waals surface area contributed by atoms with Gasteiger partial charge in [-0.15, -0.1) is 0 Å². The van der Waals surface area contributed by atoms with Crippen LogP contribution in [0.25, 0.3) is 11.3 Å². The minimum atomic E-state index is 0.189. The predicted molar refractivity (Wildman–Crippen MR) is 112 cm³/mol. The molecule has 0 saturated carbocycles. The second kappa shape index (κ2) is 9.78. The minimum Gasteiger partial charge on any atom is -0.376 e. The summed E-state index contributed by atoms with van der Waals surface area (Å²) in [6.07, 6.45) is 4.79. The van der Waals surface area contributed by atoms with Crippen molar-refractivity contribution in [1.29, 1.82) is 0 Å².